The lowest BCUT2D eigenvalue weighted by Gasteiger charge is -2.07. The number of hydrogen-bond donors (Lipinski definition) is 0. The molecule has 0 aliphatic heterocycles. The van der Waals surface area contributed by atoms with E-state index < -0.39 is 0 Å². The minimum absolute atomic E-state index is 0.752. The number of benzene rings is 2. The molecule has 0 N–H and O–H groups in total. The van der Waals surface area contributed by atoms with Gasteiger partial charge >= 0.3 is 0 Å². The van der Waals surface area contributed by atoms with Gasteiger partial charge in [-0.2, -0.15) is 0 Å². The molecule has 0 atom stereocenters. The Bertz CT molecular complexity index is 683. The van der Waals surface area contributed by atoms with Crippen LogP contribution >= 0.6 is 23.2 Å². The van der Waals surface area contributed by atoms with Gasteiger partial charge in [-0.15, -0.1) is 0 Å². The number of rotatable bonds is 2. The second-order valence-electron chi connectivity index (χ2n) is 4.24. The van der Waals surface area contributed by atoms with Crippen molar-refractivity contribution in [3.8, 4) is 0 Å². The van der Waals surface area contributed by atoms with Crippen LogP contribution in [0.25, 0.3) is 10.9 Å². The minimum atomic E-state index is 0.752. The molecule has 0 bridgehead atoms. The normalized spacial score (nSPS) is 11.0. The average molecular weight is 276 g/mol. The van der Waals surface area contributed by atoms with Gasteiger partial charge < -0.3 is 4.57 Å². The summed E-state index contributed by atoms with van der Waals surface area (Å²) in [4.78, 5) is 0. The first-order valence-corrected chi connectivity index (χ1v) is 6.48. The van der Waals surface area contributed by atoms with Crippen LogP contribution in [-0.2, 0) is 6.54 Å². The van der Waals surface area contributed by atoms with E-state index in [1.165, 1.54) is 5.56 Å². The zero-order chi connectivity index (χ0) is 12.5. The van der Waals surface area contributed by atoms with E-state index >= 15 is 0 Å². The fourth-order valence-corrected chi connectivity index (χ4v) is 2.50. The zero-order valence-corrected chi connectivity index (χ0v) is 11.1. The van der Waals surface area contributed by atoms with E-state index in [0.717, 1.165) is 27.6 Å². The van der Waals surface area contributed by atoms with Crippen LogP contribution in [0.5, 0.6) is 0 Å². The lowest BCUT2D eigenvalue weighted by atomic mass is 10.2. The van der Waals surface area contributed by atoms with E-state index in [4.69, 9.17) is 23.2 Å². The van der Waals surface area contributed by atoms with Crippen molar-refractivity contribution < 1.29 is 0 Å². The van der Waals surface area contributed by atoms with Crippen LogP contribution in [0.4, 0.5) is 0 Å². The highest BCUT2D eigenvalue weighted by atomic mass is 35.5. The largest absolute Gasteiger partial charge is 0.327 e. The monoisotopic (exact) mass is 275 g/mol. The molecule has 0 radical (unpaired) electrons. The van der Waals surface area contributed by atoms with Gasteiger partial charge in [0.1, 0.15) is 5.15 Å². The fraction of sp³-hybridized carbons (Fsp3) is 0.0667. The molecule has 1 aromatic heterocycles. The molecule has 3 rings (SSSR count). The second kappa shape index (κ2) is 4.68. The predicted octanol–water partition coefficient (Wildman–Crippen LogP) is 5.00. The molecule has 0 spiro atoms. The van der Waals surface area contributed by atoms with Gasteiger partial charge in [0.2, 0.25) is 0 Å². The van der Waals surface area contributed by atoms with Gasteiger partial charge in [-0.25, -0.2) is 0 Å². The van der Waals surface area contributed by atoms with Crippen molar-refractivity contribution in [2.24, 2.45) is 0 Å². The predicted molar refractivity (Wildman–Crippen MR) is 77.5 cm³/mol. The van der Waals surface area contributed by atoms with Crippen LogP contribution in [0.1, 0.15) is 5.56 Å². The Morgan fingerprint density at radius 3 is 2.39 bits per heavy atom. The topological polar surface area (TPSA) is 4.93 Å². The van der Waals surface area contributed by atoms with Gasteiger partial charge in [-0.05, 0) is 29.8 Å². The van der Waals surface area contributed by atoms with Gasteiger partial charge in [0.05, 0.1) is 0 Å². The molecule has 0 unspecified atom stereocenters. The minimum Gasteiger partial charge on any atom is -0.327 e. The van der Waals surface area contributed by atoms with Crippen molar-refractivity contribution in [2.45, 2.75) is 6.54 Å². The highest BCUT2D eigenvalue weighted by Crippen LogP contribution is 2.24. The summed E-state index contributed by atoms with van der Waals surface area (Å²) in [6.07, 6.45) is 0. The molecule has 1 heterocycles. The summed E-state index contributed by atoms with van der Waals surface area (Å²) in [7, 11) is 0. The number of hydrogen-bond acceptors (Lipinski definition) is 0. The van der Waals surface area contributed by atoms with Crippen molar-refractivity contribution in [3.63, 3.8) is 0 Å². The molecule has 0 saturated heterocycles. The lowest BCUT2D eigenvalue weighted by molar-refractivity contribution is 0.838. The molecule has 90 valence electrons. The van der Waals surface area contributed by atoms with E-state index in [2.05, 4.69) is 16.7 Å². The third kappa shape index (κ3) is 2.12. The molecule has 2 aromatic carbocycles. The maximum atomic E-state index is 6.29. The quantitative estimate of drug-likeness (QED) is 0.621. The van der Waals surface area contributed by atoms with E-state index in [1.54, 1.807) is 0 Å². The van der Waals surface area contributed by atoms with Crippen molar-refractivity contribution in [2.75, 3.05) is 0 Å². The van der Waals surface area contributed by atoms with Crippen LogP contribution in [0.15, 0.2) is 54.6 Å². The Morgan fingerprint density at radius 1 is 0.889 bits per heavy atom. The van der Waals surface area contributed by atoms with Gasteiger partial charge in [-0.1, -0.05) is 53.5 Å². The van der Waals surface area contributed by atoms with Crippen LogP contribution in [0.2, 0.25) is 10.2 Å². The number of halogens is 2. The van der Waals surface area contributed by atoms with Crippen LogP contribution in [-0.4, -0.2) is 4.57 Å². The van der Waals surface area contributed by atoms with Crippen LogP contribution < -0.4 is 0 Å². The third-order valence-electron chi connectivity index (χ3n) is 3.01. The Labute approximate surface area is 116 Å². The molecule has 0 amide bonds. The van der Waals surface area contributed by atoms with E-state index in [1.807, 2.05) is 42.5 Å². The van der Waals surface area contributed by atoms with Crippen molar-refractivity contribution in [3.05, 3.63) is 70.3 Å². The van der Waals surface area contributed by atoms with E-state index in [9.17, 15) is 0 Å². The summed E-state index contributed by atoms with van der Waals surface area (Å²) < 4.78 is 2.10. The molecule has 18 heavy (non-hydrogen) atoms. The fourth-order valence-electron chi connectivity index (χ4n) is 2.11. The number of nitrogens with zero attached hydrogens (tertiary/aromatic N) is 1. The highest BCUT2D eigenvalue weighted by Gasteiger charge is 2.06. The smallest absolute Gasteiger partial charge is 0.110 e. The molecule has 0 saturated carbocycles. The third-order valence-corrected chi connectivity index (χ3v) is 3.58. The SMILES string of the molecule is Clc1ccc(Cn2c(Cl)cc3ccccc32)cc1. The molecule has 0 fully saturated rings. The molecule has 3 aromatic rings. The van der Waals surface area contributed by atoms with Gasteiger partial charge in [0.25, 0.3) is 0 Å². The first-order valence-electron chi connectivity index (χ1n) is 5.72. The Balaban J connectivity index is 2.04. The second-order valence-corrected chi connectivity index (χ2v) is 5.06. The number of fused-ring (bicyclic) bond motifs is 1. The standard InChI is InChI=1S/C15H11Cl2N/c16-13-7-5-11(6-8-13)10-18-14-4-2-1-3-12(14)9-15(18)17/h1-9H,10H2. The average Bonchev–Trinajstić information content (AvgIpc) is 2.69. The van der Waals surface area contributed by atoms with Gasteiger partial charge in [0.15, 0.2) is 0 Å². The van der Waals surface area contributed by atoms with Gasteiger partial charge in [-0.3, -0.25) is 0 Å². The van der Waals surface area contributed by atoms with E-state index in [0.29, 0.717) is 0 Å². The van der Waals surface area contributed by atoms with Crippen LogP contribution in [0, 0.1) is 0 Å². The molecular formula is C15H11Cl2N. The maximum Gasteiger partial charge on any atom is 0.110 e. The summed E-state index contributed by atoms with van der Waals surface area (Å²) in [6.45, 7) is 0.753. The van der Waals surface area contributed by atoms with Crippen LogP contribution in [0.3, 0.4) is 0 Å². The summed E-state index contributed by atoms with van der Waals surface area (Å²) in [6, 6.07) is 18.0. The van der Waals surface area contributed by atoms with Crippen molar-refractivity contribution >= 4 is 34.1 Å². The number of aromatic nitrogens is 1. The summed E-state index contributed by atoms with van der Waals surface area (Å²) in [5.41, 5.74) is 2.33. The lowest BCUT2D eigenvalue weighted by Crippen LogP contribution is -1.98. The number of para-hydroxylation sites is 1. The molecule has 0 aliphatic rings. The van der Waals surface area contributed by atoms with Gasteiger partial charge in [0, 0.05) is 22.5 Å². The molecule has 1 nitrogen and oxygen atoms in total. The summed E-state index contributed by atoms with van der Waals surface area (Å²) in [5.74, 6) is 0. The van der Waals surface area contributed by atoms with Crippen molar-refractivity contribution in [1.82, 2.24) is 4.57 Å². The maximum absolute atomic E-state index is 6.29. The highest BCUT2D eigenvalue weighted by molar-refractivity contribution is 6.31. The Kier molecular flexibility index (Phi) is 3.02. The van der Waals surface area contributed by atoms with Crippen molar-refractivity contribution in [1.29, 1.82) is 0 Å². The first-order chi connectivity index (χ1) is 8.74. The summed E-state index contributed by atoms with van der Waals surface area (Å²) >= 11 is 12.2. The molecule has 3 heteroatoms. The Morgan fingerprint density at radius 2 is 1.61 bits per heavy atom. The molecule has 0 aliphatic carbocycles. The summed E-state index contributed by atoms with van der Waals surface area (Å²) in [5, 5.41) is 2.67. The first kappa shape index (κ1) is 11.6. The van der Waals surface area contributed by atoms with E-state index in [-0.39, 0.29) is 0 Å². The zero-order valence-electron chi connectivity index (χ0n) is 9.61. The Hall–Kier alpha value is -1.44. The molecular weight excluding hydrogens is 265 g/mol.